The highest BCUT2D eigenvalue weighted by atomic mass is 32.1. The summed E-state index contributed by atoms with van der Waals surface area (Å²) < 4.78 is 7.19. The first-order chi connectivity index (χ1) is 18.2. The Hall–Kier alpha value is -3.17. The fourth-order valence-corrected chi connectivity index (χ4v) is 10.4. The normalized spacial score (nSPS) is 15.1. The van der Waals surface area contributed by atoms with E-state index in [1.165, 1.54) is 21.7 Å². The highest BCUT2D eigenvalue weighted by Gasteiger charge is 2.52. The summed E-state index contributed by atoms with van der Waals surface area (Å²) in [6.45, 7) is 12.5. The lowest BCUT2D eigenvalue weighted by Crippen LogP contribution is -2.70. The van der Waals surface area contributed by atoms with Gasteiger partial charge in [-0.3, -0.25) is 4.79 Å². The molecule has 1 saturated heterocycles. The molecule has 1 fully saturated rings. The summed E-state index contributed by atoms with van der Waals surface area (Å²) in [6.07, 6.45) is 0.0663. The second kappa shape index (κ2) is 11.7. The molecule has 200 valence electrons. The van der Waals surface area contributed by atoms with Gasteiger partial charge in [-0.1, -0.05) is 100 Å². The molecule has 1 aromatic heterocycles. The number of carbonyl (C=O) groups excluding carboxylic acids is 1. The third kappa shape index (κ3) is 5.78. The molecule has 0 bridgehead atoms. The average molecular weight is 549 g/mol. The van der Waals surface area contributed by atoms with Crippen LogP contribution in [-0.2, 0) is 4.43 Å². The van der Waals surface area contributed by atoms with E-state index in [0.29, 0.717) is 5.69 Å². The van der Waals surface area contributed by atoms with Crippen LogP contribution in [-0.4, -0.2) is 51.0 Å². The fourth-order valence-electron chi connectivity index (χ4n) is 4.91. The summed E-state index contributed by atoms with van der Waals surface area (Å²) in [7, 11) is -2.61. The van der Waals surface area contributed by atoms with E-state index >= 15 is 0 Å². The van der Waals surface area contributed by atoms with Gasteiger partial charge in [0.25, 0.3) is 14.2 Å². The van der Waals surface area contributed by atoms with Crippen LogP contribution in [0.25, 0.3) is 10.4 Å². The van der Waals surface area contributed by atoms with E-state index in [1.54, 1.807) is 5.38 Å². The van der Waals surface area contributed by atoms with E-state index in [1.807, 2.05) is 13.8 Å². The third-order valence-corrected chi connectivity index (χ3v) is 13.1. The van der Waals surface area contributed by atoms with Gasteiger partial charge in [0.2, 0.25) is 0 Å². The third-order valence-electron chi connectivity index (χ3n) is 7.07. The molecule has 38 heavy (non-hydrogen) atoms. The molecule has 1 amide bonds. The molecule has 3 aromatic rings. The molecule has 0 saturated carbocycles. The number of carbonyl (C=O) groups is 1. The zero-order valence-electron chi connectivity index (χ0n) is 22.7. The molecular weight excluding hydrogens is 513 g/mol. The number of aromatic nitrogens is 1. The first kappa shape index (κ1) is 27.9. The van der Waals surface area contributed by atoms with Gasteiger partial charge in [-0.05, 0) is 26.9 Å². The second-order valence-corrected chi connectivity index (χ2v) is 16.2. The zero-order valence-corrected chi connectivity index (χ0v) is 24.5. The number of benzene rings is 2. The van der Waals surface area contributed by atoms with Crippen LogP contribution in [0.5, 0.6) is 0 Å². The Kier molecular flexibility index (Phi) is 8.57. The van der Waals surface area contributed by atoms with Crippen molar-refractivity contribution < 1.29 is 9.22 Å². The van der Waals surface area contributed by atoms with Gasteiger partial charge >= 0.3 is 0 Å². The molecule has 0 radical (unpaired) electrons. The molecule has 4 rings (SSSR count). The maximum Gasteiger partial charge on any atom is 0.271 e. The minimum Gasteiger partial charge on any atom is -0.401 e. The van der Waals surface area contributed by atoms with Crippen molar-refractivity contribution in [1.29, 1.82) is 0 Å². The zero-order chi connectivity index (χ0) is 27.3. The van der Waals surface area contributed by atoms with Crippen LogP contribution in [0.1, 0.15) is 45.1 Å². The molecule has 1 aliphatic heterocycles. The lowest BCUT2D eigenvalue weighted by Gasteiger charge is -2.49. The number of amides is 1. The summed E-state index contributed by atoms with van der Waals surface area (Å²) in [5.41, 5.74) is 9.02. The van der Waals surface area contributed by atoms with Crippen LogP contribution >= 0.6 is 11.3 Å². The monoisotopic (exact) mass is 548 g/mol. The number of nitrogens with zero attached hydrogens (tertiary/aromatic N) is 5. The predicted octanol–water partition coefficient (Wildman–Crippen LogP) is 4.97. The van der Waals surface area contributed by atoms with Gasteiger partial charge in [-0.15, -0.1) is 11.3 Å². The van der Waals surface area contributed by atoms with E-state index in [4.69, 9.17) is 9.96 Å². The van der Waals surface area contributed by atoms with Crippen LogP contribution in [0, 0.1) is 5.92 Å². The summed E-state index contributed by atoms with van der Waals surface area (Å²) >= 11 is 1.46. The molecule has 1 aliphatic rings. The van der Waals surface area contributed by atoms with E-state index in [-0.39, 0.29) is 35.6 Å². The van der Waals surface area contributed by atoms with Crippen LogP contribution < -0.4 is 20.6 Å². The van der Waals surface area contributed by atoms with Gasteiger partial charge in [0.05, 0.1) is 6.10 Å². The molecule has 2 heterocycles. The SMILES string of the molecule is CC(C)[C@@H](CN=[N+]=[N-])NC(=O)c1csc(N2CC(O[Si](c3ccccc3)(c3ccccc3)C(C)(C)C)C2)n1. The maximum absolute atomic E-state index is 12.8. The number of rotatable bonds is 10. The lowest BCUT2D eigenvalue weighted by atomic mass is 10.0. The molecule has 2 aromatic carbocycles. The topological polar surface area (TPSA) is 103 Å². The van der Waals surface area contributed by atoms with Crippen LogP contribution in [0.3, 0.4) is 0 Å². The molecule has 10 heteroatoms. The van der Waals surface area contributed by atoms with Gasteiger partial charge in [-0.2, -0.15) is 0 Å². The Labute approximate surface area is 229 Å². The molecule has 1 N–H and O–H groups in total. The molecular formula is C28H36N6O2SSi. The maximum atomic E-state index is 12.8. The largest absolute Gasteiger partial charge is 0.401 e. The van der Waals surface area contributed by atoms with Crippen LogP contribution in [0.15, 0.2) is 71.2 Å². The Morgan fingerprint density at radius 2 is 1.74 bits per heavy atom. The van der Waals surface area contributed by atoms with E-state index in [2.05, 4.69) is 107 Å². The van der Waals surface area contributed by atoms with E-state index in [0.717, 1.165) is 18.2 Å². The van der Waals surface area contributed by atoms with Crippen molar-refractivity contribution in [2.24, 2.45) is 11.0 Å². The van der Waals surface area contributed by atoms with Gasteiger partial charge in [-0.25, -0.2) is 4.98 Å². The van der Waals surface area contributed by atoms with Gasteiger partial charge in [0, 0.05) is 36.0 Å². The van der Waals surface area contributed by atoms with Gasteiger partial charge in [0.1, 0.15) is 5.69 Å². The molecule has 8 nitrogen and oxygen atoms in total. The van der Waals surface area contributed by atoms with E-state index in [9.17, 15) is 4.79 Å². The average Bonchev–Trinajstić information content (AvgIpc) is 3.36. The predicted molar refractivity (Wildman–Crippen MR) is 157 cm³/mol. The summed E-state index contributed by atoms with van der Waals surface area (Å²) in [6, 6.07) is 21.1. The number of hydrogen-bond acceptors (Lipinski definition) is 6. The quantitative estimate of drug-likeness (QED) is 0.167. The van der Waals surface area contributed by atoms with Crippen LogP contribution in [0.2, 0.25) is 5.04 Å². The number of hydrogen-bond donors (Lipinski definition) is 1. The molecule has 0 unspecified atom stereocenters. The Balaban J connectivity index is 1.49. The van der Waals surface area contributed by atoms with E-state index < -0.39 is 8.32 Å². The highest BCUT2D eigenvalue weighted by Crippen LogP contribution is 2.39. The summed E-state index contributed by atoms with van der Waals surface area (Å²) in [5.74, 6) is -0.114. The van der Waals surface area contributed by atoms with Crippen molar-refractivity contribution in [1.82, 2.24) is 10.3 Å². The van der Waals surface area contributed by atoms with Crippen molar-refractivity contribution in [3.8, 4) is 0 Å². The minimum absolute atomic E-state index is 0.0663. The first-order valence-electron chi connectivity index (χ1n) is 13.0. The van der Waals surface area contributed by atoms with Crippen molar-refractivity contribution in [3.63, 3.8) is 0 Å². The van der Waals surface area contributed by atoms with Gasteiger partial charge in [0.15, 0.2) is 5.13 Å². The Morgan fingerprint density at radius 3 is 2.24 bits per heavy atom. The summed E-state index contributed by atoms with van der Waals surface area (Å²) in [5, 5.41) is 11.6. The Morgan fingerprint density at radius 1 is 1.16 bits per heavy atom. The highest BCUT2D eigenvalue weighted by molar-refractivity contribution is 7.14. The van der Waals surface area contributed by atoms with Crippen molar-refractivity contribution in [2.75, 3.05) is 24.5 Å². The lowest BCUT2D eigenvalue weighted by molar-refractivity contribution is 0.0923. The number of anilines is 1. The second-order valence-electron chi connectivity index (χ2n) is 11.1. The standard InChI is InChI=1S/C28H36N6O2SSi/c1-20(2)24(16-30-33-29)31-26(35)25-19-37-27(32-25)34-17-21(18-34)36-38(28(3,4)5,22-12-8-6-9-13-22)23-14-10-7-11-15-23/h6-15,19-21,24H,16-18H2,1-5H3,(H,31,35)/t24-/m1/s1. The first-order valence-corrected chi connectivity index (χ1v) is 15.8. The minimum atomic E-state index is -2.61. The Bertz CT molecular complexity index is 1230. The number of nitrogens with one attached hydrogen (secondary N) is 1. The van der Waals surface area contributed by atoms with Crippen molar-refractivity contribution >= 4 is 41.1 Å². The number of azide groups is 1. The van der Waals surface area contributed by atoms with Crippen molar-refractivity contribution in [3.05, 3.63) is 82.2 Å². The molecule has 1 atom stereocenters. The molecule has 0 spiro atoms. The summed E-state index contributed by atoms with van der Waals surface area (Å²) in [4.78, 5) is 22.4. The number of thiazole rings is 1. The van der Waals surface area contributed by atoms with Crippen LogP contribution in [0.4, 0.5) is 5.13 Å². The molecule has 0 aliphatic carbocycles. The van der Waals surface area contributed by atoms with Gasteiger partial charge < -0.3 is 14.6 Å². The fraction of sp³-hybridized carbons (Fsp3) is 0.429. The van der Waals surface area contributed by atoms with Crippen molar-refractivity contribution in [2.45, 2.75) is 51.8 Å². The smallest absolute Gasteiger partial charge is 0.271 e.